The van der Waals surface area contributed by atoms with Crippen LogP contribution in [0.25, 0.3) is 6.08 Å². The first kappa shape index (κ1) is 14.7. The summed E-state index contributed by atoms with van der Waals surface area (Å²) in [6.07, 6.45) is 2.83. The summed E-state index contributed by atoms with van der Waals surface area (Å²) >= 11 is 5.83. The average molecular weight is 304 g/mol. The molecule has 0 aliphatic heterocycles. The highest BCUT2D eigenvalue weighted by molar-refractivity contribution is 6.30. The summed E-state index contributed by atoms with van der Waals surface area (Å²) in [5, 5.41) is 11.1. The Morgan fingerprint density at radius 2 is 1.90 bits per heavy atom. The minimum atomic E-state index is -0.580. The van der Waals surface area contributed by atoms with Crippen LogP contribution in [-0.4, -0.2) is 10.9 Å². The van der Waals surface area contributed by atoms with Crippen LogP contribution < -0.4 is 4.74 Å². The molecule has 0 aromatic heterocycles. The highest BCUT2D eigenvalue weighted by atomic mass is 35.5. The van der Waals surface area contributed by atoms with Crippen molar-refractivity contribution in [2.24, 2.45) is 0 Å². The van der Waals surface area contributed by atoms with Gasteiger partial charge in [-0.05, 0) is 35.9 Å². The van der Waals surface area contributed by atoms with E-state index in [2.05, 4.69) is 0 Å². The molecule has 21 heavy (non-hydrogen) atoms. The van der Waals surface area contributed by atoms with Gasteiger partial charge in [0.05, 0.1) is 4.92 Å². The van der Waals surface area contributed by atoms with Crippen molar-refractivity contribution >= 4 is 29.3 Å². The van der Waals surface area contributed by atoms with Crippen molar-refractivity contribution in [3.05, 3.63) is 75.3 Å². The standard InChI is InChI=1S/C15H10ClNO4/c16-12-3-1-2-11(10-12)4-9-15(18)21-14-7-5-13(6-8-14)17(19)20/h1-10H/b9-4+. The van der Waals surface area contributed by atoms with Crippen molar-refractivity contribution in [1.82, 2.24) is 0 Å². The van der Waals surface area contributed by atoms with Crippen molar-refractivity contribution in [2.45, 2.75) is 0 Å². The second-order valence-electron chi connectivity index (χ2n) is 4.06. The molecule has 0 N–H and O–H groups in total. The largest absolute Gasteiger partial charge is 0.423 e. The van der Waals surface area contributed by atoms with Crippen LogP contribution >= 0.6 is 11.6 Å². The van der Waals surface area contributed by atoms with Gasteiger partial charge in [-0.15, -0.1) is 0 Å². The molecule has 2 aromatic carbocycles. The van der Waals surface area contributed by atoms with Gasteiger partial charge in [0.25, 0.3) is 5.69 Å². The van der Waals surface area contributed by atoms with Gasteiger partial charge in [0, 0.05) is 23.2 Å². The minimum absolute atomic E-state index is 0.0655. The average Bonchev–Trinajstić information content (AvgIpc) is 2.46. The lowest BCUT2D eigenvalue weighted by Gasteiger charge is -2.00. The first-order valence-corrected chi connectivity index (χ1v) is 6.32. The van der Waals surface area contributed by atoms with E-state index < -0.39 is 10.9 Å². The SMILES string of the molecule is O=C(/C=C/c1cccc(Cl)c1)Oc1ccc([N+](=O)[O-])cc1. The number of esters is 1. The quantitative estimate of drug-likeness (QED) is 0.283. The number of nitro groups is 1. The molecule has 0 spiro atoms. The summed E-state index contributed by atoms with van der Waals surface area (Å²) in [5.41, 5.74) is 0.701. The number of rotatable bonds is 4. The Morgan fingerprint density at radius 1 is 1.19 bits per heavy atom. The van der Waals surface area contributed by atoms with Gasteiger partial charge in [-0.1, -0.05) is 23.7 Å². The van der Waals surface area contributed by atoms with Crippen molar-refractivity contribution in [3.8, 4) is 5.75 Å². The van der Waals surface area contributed by atoms with E-state index in [4.69, 9.17) is 16.3 Å². The number of hydrogen-bond acceptors (Lipinski definition) is 4. The molecule has 0 atom stereocenters. The topological polar surface area (TPSA) is 69.4 Å². The van der Waals surface area contributed by atoms with Crippen LogP contribution in [0.2, 0.25) is 5.02 Å². The van der Waals surface area contributed by atoms with E-state index in [0.717, 1.165) is 5.56 Å². The zero-order valence-electron chi connectivity index (χ0n) is 10.7. The van der Waals surface area contributed by atoms with Gasteiger partial charge in [-0.3, -0.25) is 10.1 Å². The molecule has 106 valence electrons. The minimum Gasteiger partial charge on any atom is -0.423 e. The van der Waals surface area contributed by atoms with Crippen molar-refractivity contribution in [2.75, 3.05) is 0 Å². The first-order chi connectivity index (χ1) is 10.0. The second kappa shape index (κ2) is 6.67. The van der Waals surface area contributed by atoms with Gasteiger partial charge >= 0.3 is 5.97 Å². The first-order valence-electron chi connectivity index (χ1n) is 5.94. The Kier molecular flexibility index (Phi) is 4.68. The normalized spacial score (nSPS) is 10.5. The number of non-ortho nitro benzene ring substituents is 1. The molecule has 0 heterocycles. The lowest BCUT2D eigenvalue weighted by atomic mass is 10.2. The lowest BCUT2D eigenvalue weighted by Crippen LogP contribution is -2.03. The third kappa shape index (κ3) is 4.43. The number of ether oxygens (including phenoxy) is 1. The van der Waals surface area contributed by atoms with Crippen LogP contribution in [0.5, 0.6) is 5.75 Å². The summed E-state index contributed by atoms with van der Waals surface area (Å²) in [4.78, 5) is 21.6. The molecule has 5 nitrogen and oxygen atoms in total. The maximum Gasteiger partial charge on any atom is 0.336 e. The number of benzene rings is 2. The van der Waals surface area contributed by atoms with E-state index in [1.165, 1.54) is 30.3 Å². The van der Waals surface area contributed by atoms with Crippen molar-refractivity contribution in [3.63, 3.8) is 0 Å². The summed E-state index contributed by atoms with van der Waals surface area (Å²) < 4.78 is 5.02. The number of carbonyl (C=O) groups excluding carboxylic acids is 1. The van der Waals surface area contributed by atoms with E-state index in [9.17, 15) is 14.9 Å². The third-order valence-electron chi connectivity index (χ3n) is 2.53. The molecular formula is C15H10ClNO4. The Morgan fingerprint density at radius 3 is 2.52 bits per heavy atom. The van der Waals surface area contributed by atoms with Gasteiger partial charge in [0.15, 0.2) is 0 Å². The molecule has 0 saturated heterocycles. The molecule has 2 rings (SSSR count). The molecule has 0 saturated carbocycles. The maximum atomic E-state index is 11.6. The zero-order valence-corrected chi connectivity index (χ0v) is 11.5. The molecule has 0 bridgehead atoms. The monoisotopic (exact) mass is 303 g/mol. The highest BCUT2D eigenvalue weighted by Gasteiger charge is 2.06. The van der Waals surface area contributed by atoms with Gasteiger partial charge < -0.3 is 4.74 Å². The molecule has 6 heteroatoms. The fraction of sp³-hybridized carbons (Fsp3) is 0. The number of carbonyl (C=O) groups is 1. The lowest BCUT2D eigenvalue weighted by molar-refractivity contribution is -0.384. The molecular weight excluding hydrogens is 294 g/mol. The maximum absolute atomic E-state index is 11.6. The second-order valence-corrected chi connectivity index (χ2v) is 4.50. The van der Waals surface area contributed by atoms with E-state index in [0.29, 0.717) is 5.02 Å². The highest BCUT2D eigenvalue weighted by Crippen LogP contribution is 2.17. The van der Waals surface area contributed by atoms with Crippen LogP contribution in [0, 0.1) is 10.1 Å². The number of nitro benzene ring substituents is 1. The van der Waals surface area contributed by atoms with E-state index in [1.807, 2.05) is 0 Å². The van der Waals surface area contributed by atoms with Crippen LogP contribution in [0.15, 0.2) is 54.6 Å². The van der Waals surface area contributed by atoms with Gasteiger partial charge in [-0.25, -0.2) is 4.79 Å². The summed E-state index contributed by atoms with van der Waals surface area (Å²) in [6.45, 7) is 0. The Hall–Kier alpha value is -2.66. The molecule has 0 fully saturated rings. The summed E-state index contributed by atoms with van der Waals surface area (Å²) in [7, 11) is 0. The van der Waals surface area contributed by atoms with Gasteiger partial charge in [0.2, 0.25) is 0 Å². The molecule has 0 aliphatic rings. The van der Waals surface area contributed by atoms with Crippen LogP contribution in [0.1, 0.15) is 5.56 Å². The van der Waals surface area contributed by atoms with Crippen molar-refractivity contribution < 1.29 is 14.5 Å². The van der Waals surface area contributed by atoms with Crippen molar-refractivity contribution in [1.29, 1.82) is 0 Å². The van der Waals surface area contributed by atoms with Crippen LogP contribution in [-0.2, 0) is 4.79 Å². The molecule has 0 radical (unpaired) electrons. The van der Waals surface area contributed by atoms with E-state index in [-0.39, 0.29) is 11.4 Å². The zero-order chi connectivity index (χ0) is 15.2. The number of nitrogens with zero attached hydrogens (tertiary/aromatic N) is 1. The van der Waals surface area contributed by atoms with Gasteiger partial charge in [-0.2, -0.15) is 0 Å². The Labute approximate surface area is 125 Å². The Bertz CT molecular complexity index is 695. The molecule has 0 aliphatic carbocycles. The number of hydrogen-bond donors (Lipinski definition) is 0. The predicted octanol–water partition coefficient (Wildman–Crippen LogP) is 3.87. The summed E-state index contributed by atoms with van der Waals surface area (Å²) in [5.74, 6) is -0.342. The molecule has 0 amide bonds. The number of halogens is 1. The summed E-state index contributed by atoms with van der Waals surface area (Å²) in [6, 6.07) is 12.3. The van der Waals surface area contributed by atoms with E-state index in [1.54, 1.807) is 30.3 Å². The third-order valence-corrected chi connectivity index (χ3v) is 2.76. The van der Waals surface area contributed by atoms with E-state index >= 15 is 0 Å². The molecule has 0 unspecified atom stereocenters. The fourth-order valence-corrected chi connectivity index (χ4v) is 1.76. The van der Waals surface area contributed by atoms with Crippen LogP contribution in [0.4, 0.5) is 5.69 Å². The van der Waals surface area contributed by atoms with Crippen LogP contribution in [0.3, 0.4) is 0 Å². The Balaban J connectivity index is 1.99. The molecule has 2 aromatic rings. The predicted molar refractivity (Wildman–Crippen MR) is 79.2 cm³/mol. The van der Waals surface area contributed by atoms with Gasteiger partial charge in [0.1, 0.15) is 5.75 Å². The fourth-order valence-electron chi connectivity index (χ4n) is 1.56. The smallest absolute Gasteiger partial charge is 0.336 e.